The molecule has 106 valence electrons. The maximum Gasteiger partial charge on any atom is 0.303 e. The van der Waals surface area contributed by atoms with Gasteiger partial charge in [-0.15, -0.1) is 11.3 Å². The van der Waals surface area contributed by atoms with E-state index in [9.17, 15) is 4.79 Å². The quantitative estimate of drug-likeness (QED) is 0.902. The van der Waals surface area contributed by atoms with Gasteiger partial charge in [0.05, 0.1) is 10.7 Å². The molecular formula is C14H22N2O2S. The molecule has 0 bridgehead atoms. The van der Waals surface area contributed by atoms with Gasteiger partial charge in [0, 0.05) is 24.3 Å². The minimum atomic E-state index is -0.667. The van der Waals surface area contributed by atoms with Crippen LogP contribution in [0.15, 0.2) is 5.38 Å². The number of thiazole rings is 1. The molecule has 0 radical (unpaired) electrons. The lowest BCUT2D eigenvalue weighted by molar-refractivity contribution is -0.138. The second-order valence-corrected chi connectivity index (χ2v) is 6.54. The molecule has 0 unspecified atom stereocenters. The molecule has 5 heteroatoms. The van der Waals surface area contributed by atoms with E-state index in [2.05, 4.69) is 29.1 Å². The lowest BCUT2D eigenvalue weighted by Crippen LogP contribution is -2.34. The van der Waals surface area contributed by atoms with Gasteiger partial charge in [0.15, 0.2) is 0 Å². The Morgan fingerprint density at radius 2 is 2.21 bits per heavy atom. The molecule has 1 N–H and O–H groups in total. The van der Waals surface area contributed by atoms with E-state index in [-0.39, 0.29) is 0 Å². The van der Waals surface area contributed by atoms with Gasteiger partial charge >= 0.3 is 5.97 Å². The third kappa shape index (κ3) is 4.28. The van der Waals surface area contributed by atoms with Gasteiger partial charge in [-0.1, -0.05) is 13.8 Å². The first kappa shape index (κ1) is 14.5. The molecule has 1 fully saturated rings. The van der Waals surface area contributed by atoms with Crippen LogP contribution in [0, 0.1) is 5.92 Å². The zero-order valence-corrected chi connectivity index (χ0v) is 12.4. The summed E-state index contributed by atoms with van der Waals surface area (Å²) < 4.78 is 0. The summed E-state index contributed by atoms with van der Waals surface area (Å²) in [6, 6.07) is 0. The van der Waals surface area contributed by atoms with Crippen LogP contribution < -0.4 is 0 Å². The van der Waals surface area contributed by atoms with Crippen LogP contribution in [-0.4, -0.2) is 34.0 Å². The molecule has 1 saturated heterocycles. The number of carboxylic acid groups (broad SMARTS) is 1. The number of likely N-dealkylation sites (tertiary alicyclic amines) is 1. The summed E-state index contributed by atoms with van der Waals surface area (Å²) in [5.74, 6) is 0.190. The highest BCUT2D eigenvalue weighted by atomic mass is 32.1. The van der Waals surface area contributed by atoms with Crippen molar-refractivity contribution >= 4 is 17.3 Å². The van der Waals surface area contributed by atoms with Crippen molar-refractivity contribution in [2.75, 3.05) is 13.1 Å². The highest BCUT2D eigenvalue weighted by Gasteiger charge is 2.21. The first-order valence-corrected chi connectivity index (χ1v) is 7.81. The molecular weight excluding hydrogens is 260 g/mol. The maximum atomic E-state index is 10.7. The third-order valence-electron chi connectivity index (χ3n) is 3.62. The standard InChI is InChI=1S/C14H22N2O2S/c1-10(2)14-15-12(9-19-14)8-16-5-3-11(4-6-16)7-13(17)18/h9-11H,3-8H2,1-2H3,(H,17,18). The number of aromatic nitrogens is 1. The van der Waals surface area contributed by atoms with Gasteiger partial charge in [0.1, 0.15) is 0 Å². The van der Waals surface area contributed by atoms with Crippen molar-refractivity contribution in [1.29, 1.82) is 0 Å². The predicted molar refractivity (Wildman–Crippen MR) is 76.5 cm³/mol. The second-order valence-electron chi connectivity index (χ2n) is 5.65. The minimum absolute atomic E-state index is 0.321. The first-order chi connectivity index (χ1) is 9.04. The zero-order chi connectivity index (χ0) is 13.8. The summed E-state index contributed by atoms with van der Waals surface area (Å²) >= 11 is 1.74. The predicted octanol–water partition coefficient (Wildman–Crippen LogP) is 2.95. The van der Waals surface area contributed by atoms with Gasteiger partial charge in [0.25, 0.3) is 0 Å². The Kier molecular flexibility index (Phi) is 4.93. The van der Waals surface area contributed by atoms with E-state index in [4.69, 9.17) is 5.11 Å². The molecule has 0 atom stereocenters. The average molecular weight is 282 g/mol. The molecule has 2 heterocycles. The number of nitrogens with zero attached hydrogens (tertiary/aromatic N) is 2. The Balaban J connectivity index is 1.80. The number of piperidine rings is 1. The summed E-state index contributed by atoms with van der Waals surface area (Å²) in [6.45, 7) is 7.22. The highest BCUT2D eigenvalue weighted by Crippen LogP contribution is 2.24. The summed E-state index contributed by atoms with van der Waals surface area (Å²) in [6.07, 6.45) is 2.31. The van der Waals surface area contributed by atoms with Crippen LogP contribution in [0.25, 0.3) is 0 Å². The number of hydrogen-bond donors (Lipinski definition) is 1. The molecule has 0 saturated carbocycles. The maximum absolute atomic E-state index is 10.7. The Labute approximate surface area is 118 Å². The number of aliphatic carboxylic acids is 1. The SMILES string of the molecule is CC(C)c1nc(CN2CCC(CC(=O)O)CC2)cs1. The molecule has 1 aliphatic rings. The molecule has 4 nitrogen and oxygen atoms in total. The zero-order valence-electron chi connectivity index (χ0n) is 11.6. The molecule has 19 heavy (non-hydrogen) atoms. The van der Waals surface area contributed by atoms with E-state index in [0.29, 0.717) is 18.3 Å². The van der Waals surface area contributed by atoms with Crippen molar-refractivity contribution in [1.82, 2.24) is 9.88 Å². The van der Waals surface area contributed by atoms with Gasteiger partial charge < -0.3 is 5.11 Å². The molecule has 0 aliphatic carbocycles. The van der Waals surface area contributed by atoms with Crippen LogP contribution in [0.3, 0.4) is 0 Å². The van der Waals surface area contributed by atoms with E-state index >= 15 is 0 Å². The molecule has 0 aromatic carbocycles. The van der Waals surface area contributed by atoms with Gasteiger partial charge in [0.2, 0.25) is 0 Å². The van der Waals surface area contributed by atoms with Crippen LogP contribution in [0.1, 0.15) is 49.7 Å². The van der Waals surface area contributed by atoms with Gasteiger partial charge in [-0.2, -0.15) is 0 Å². The number of rotatable bonds is 5. The third-order valence-corrected chi connectivity index (χ3v) is 4.81. The van der Waals surface area contributed by atoms with E-state index < -0.39 is 5.97 Å². The van der Waals surface area contributed by atoms with Gasteiger partial charge in [-0.25, -0.2) is 4.98 Å². The summed E-state index contributed by atoms with van der Waals surface area (Å²) in [5, 5.41) is 12.2. The van der Waals surface area contributed by atoms with Crippen molar-refractivity contribution in [2.24, 2.45) is 5.92 Å². The van der Waals surface area contributed by atoms with E-state index in [1.165, 1.54) is 5.01 Å². The van der Waals surface area contributed by atoms with Crippen LogP contribution in [0.4, 0.5) is 0 Å². The van der Waals surface area contributed by atoms with Crippen molar-refractivity contribution in [3.05, 3.63) is 16.1 Å². The summed E-state index contributed by atoms with van der Waals surface area (Å²) in [5.41, 5.74) is 1.16. The topological polar surface area (TPSA) is 53.4 Å². The van der Waals surface area contributed by atoms with Crippen molar-refractivity contribution < 1.29 is 9.90 Å². The molecule has 2 rings (SSSR count). The Morgan fingerprint density at radius 1 is 1.53 bits per heavy atom. The van der Waals surface area contributed by atoms with Crippen LogP contribution in [0.5, 0.6) is 0 Å². The Morgan fingerprint density at radius 3 is 2.74 bits per heavy atom. The lowest BCUT2D eigenvalue weighted by Gasteiger charge is -2.30. The van der Waals surface area contributed by atoms with E-state index in [1.807, 2.05) is 0 Å². The molecule has 0 spiro atoms. The van der Waals surface area contributed by atoms with E-state index in [1.54, 1.807) is 11.3 Å². The number of hydrogen-bond acceptors (Lipinski definition) is 4. The minimum Gasteiger partial charge on any atom is -0.481 e. The normalized spacial score (nSPS) is 18.1. The van der Waals surface area contributed by atoms with Crippen molar-refractivity contribution in [3.8, 4) is 0 Å². The molecule has 1 aliphatic heterocycles. The summed E-state index contributed by atoms with van der Waals surface area (Å²) in [4.78, 5) is 17.7. The molecule has 1 aromatic rings. The van der Waals surface area contributed by atoms with Crippen molar-refractivity contribution in [3.63, 3.8) is 0 Å². The van der Waals surface area contributed by atoms with Crippen LogP contribution in [0.2, 0.25) is 0 Å². The smallest absolute Gasteiger partial charge is 0.303 e. The molecule has 1 aromatic heterocycles. The number of carboxylic acids is 1. The van der Waals surface area contributed by atoms with E-state index in [0.717, 1.165) is 38.2 Å². The average Bonchev–Trinajstić information content (AvgIpc) is 2.80. The monoisotopic (exact) mass is 282 g/mol. The van der Waals surface area contributed by atoms with Gasteiger partial charge in [-0.05, 0) is 31.8 Å². The summed E-state index contributed by atoms with van der Waals surface area (Å²) in [7, 11) is 0. The number of carbonyl (C=O) groups is 1. The van der Waals surface area contributed by atoms with Gasteiger partial charge in [-0.3, -0.25) is 9.69 Å². The second kappa shape index (κ2) is 6.48. The fraction of sp³-hybridized carbons (Fsp3) is 0.714. The van der Waals surface area contributed by atoms with Crippen LogP contribution in [-0.2, 0) is 11.3 Å². The Hall–Kier alpha value is -0.940. The lowest BCUT2D eigenvalue weighted by atomic mass is 9.93. The Bertz CT molecular complexity index is 423. The largest absolute Gasteiger partial charge is 0.481 e. The fourth-order valence-electron chi connectivity index (χ4n) is 2.49. The first-order valence-electron chi connectivity index (χ1n) is 6.93. The molecule has 0 amide bonds. The highest BCUT2D eigenvalue weighted by molar-refractivity contribution is 7.09. The fourth-order valence-corrected chi connectivity index (χ4v) is 3.31. The van der Waals surface area contributed by atoms with Crippen LogP contribution >= 0.6 is 11.3 Å². The van der Waals surface area contributed by atoms with Crippen molar-refractivity contribution in [2.45, 2.75) is 45.6 Å².